The molecule has 0 saturated heterocycles. The number of aromatic nitrogens is 2. The first-order valence-electron chi connectivity index (χ1n) is 6.16. The fraction of sp³-hybridized carbons (Fsp3) is 0.583. The molecule has 0 bridgehead atoms. The number of aliphatic carboxylic acids is 1. The highest BCUT2D eigenvalue weighted by Gasteiger charge is 2.22. The first-order valence-corrected chi connectivity index (χ1v) is 6.16. The van der Waals surface area contributed by atoms with Crippen molar-refractivity contribution in [2.75, 3.05) is 6.54 Å². The number of rotatable bonds is 6. The van der Waals surface area contributed by atoms with Crippen LogP contribution in [0.4, 0.5) is 4.79 Å². The minimum atomic E-state index is -1.03. The van der Waals surface area contributed by atoms with Crippen molar-refractivity contribution in [2.24, 2.45) is 5.92 Å². The Hall–Kier alpha value is -2.05. The second-order valence-electron chi connectivity index (χ2n) is 4.74. The van der Waals surface area contributed by atoms with Gasteiger partial charge in [0, 0.05) is 12.7 Å². The number of carboxylic acid groups (broad SMARTS) is 1. The number of amides is 2. The Labute approximate surface area is 112 Å². The zero-order valence-electron chi connectivity index (χ0n) is 11.4. The molecular weight excluding hydrogens is 248 g/mol. The minimum Gasteiger partial charge on any atom is -0.480 e. The molecule has 7 nitrogen and oxygen atoms in total. The lowest BCUT2D eigenvalue weighted by molar-refractivity contribution is -0.140. The van der Waals surface area contributed by atoms with Crippen LogP contribution >= 0.6 is 0 Å². The molecule has 1 aromatic heterocycles. The third-order valence-corrected chi connectivity index (χ3v) is 2.61. The molecule has 1 rings (SSSR count). The summed E-state index contributed by atoms with van der Waals surface area (Å²) in [5.41, 5.74) is 1.05. The molecule has 0 aliphatic carbocycles. The lowest BCUT2D eigenvalue weighted by Crippen LogP contribution is -2.49. The molecule has 0 aliphatic heterocycles. The summed E-state index contributed by atoms with van der Waals surface area (Å²) < 4.78 is 1.72. The van der Waals surface area contributed by atoms with Crippen molar-refractivity contribution in [3.05, 3.63) is 18.0 Å². The Bertz CT molecular complexity index is 442. The van der Waals surface area contributed by atoms with Crippen LogP contribution in [0.3, 0.4) is 0 Å². The van der Waals surface area contributed by atoms with E-state index in [-0.39, 0.29) is 5.92 Å². The van der Waals surface area contributed by atoms with Crippen LogP contribution < -0.4 is 10.6 Å². The Kier molecular flexibility index (Phi) is 5.35. The van der Waals surface area contributed by atoms with Gasteiger partial charge in [0.1, 0.15) is 6.04 Å². The normalized spacial score (nSPS) is 12.2. The van der Waals surface area contributed by atoms with Crippen LogP contribution in [-0.4, -0.2) is 39.5 Å². The van der Waals surface area contributed by atoms with Gasteiger partial charge in [-0.15, -0.1) is 0 Å². The van der Waals surface area contributed by atoms with E-state index in [2.05, 4.69) is 15.7 Å². The molecule has 106 valence electrons. The zero-order chi connectivity index (χ0) is 14.4. The summed E-state index contributed by atoms with van der Waals surface area (Å²) >= 11 is 0. The summed E-state index contributed by atoms with van der Waals surface area (Å²) in [6, 6.07) is -1.36. The monoisotopic (exact) mass is 268 g/mol. The van der Waals surface area contributed by atoms with E-state index in [1.807, 2.05) is 13.1 Å². The molecule has 0 aliphatic rings. The first-order chi connectivity index (χ1) is 8.90. The van der Waals surface area contributed by atoms with E-state index < -0.39 is 18.0 Å². The second kappa shape index (κ2) is 6.77. The fourth-order valence-electron chi connectivity index (χ4n) is 1.58. The Balaban J connectivity index is 2.33. The van der Waals surface area contributed by atoms with Gasteiger partial charge < -0.3 is 15.7 Å². The van der Waals surface area contributed by atoms with Gasteiger partial charge in [-0.2, -0.15) is 5.10 Å². The van der Waals surface area contributed by atoms with Crippen LogP contribution in [0.1, 0.15) is 19.4 Å². The van der Waals surface area contributed by atoms with Crippen molar-refractivity contribution in [3.8, 4) is 0 Å². The molecule has 7 heteroatoms. The quantitative estimate of drug-likeness (QED) is 0.704. The molecule has 0 saturated carbocycles. The summed E-state index contributed by atoms with van der Waals surface area (Å²) in [5.74, 6) is -1.20. The molecule has 1 atom stereocenters. The highest BCUT2D eigenvalue weighted by molar-refractivity contribution is 5.82. The SMILES string of the molecule is Cc1cnn(CCNC(=O)N[C@H](C(=O)O)C(C)C)c1. The smallest absolute Gasteiger partial charge is 0.326 e. The van der Waals surface area contributed by atoms with Crippen molar-refractivity contribution < 1.29 is 14.7 Å². The molecule has 0 spiro atoms. The van der Waals surface area contributed by atoms with Gasteiger partial charge >= 0.3 is 12.0 Å². The van der Waals surface area contributed by atoms with Crippen molar-refractivity contribution >= 4 is 12.0 Å². The molecule has 1 aromatic rings. The van der Waals surface area contributed by atoms with Gasteiger partial charge in [-0.3, -0.25) is 4.68 Å². The summed E-state index contributed by atoms with van der Waals surface area (Å²) in [7, 11) is 0. The number of hydrogen-bond acceptors (Lipinski definition) is 3. The van der Waals surface area contributed by atoms with Crippen LogP contribution in [0.15, 0.2) is 12.4 Å². The molecule has 0 unspecified atom stereocenters. The summed E-state index contributed by atoms with van der Waals surface area (Å²) in [4.78, 5) is 22.5. The van der Waals surface area contributed by atoms with E-state index in [1.54, 1.807) is 24.7 Å². The van der Waals surface area contributed by atoms with Gasteiger partial charge in [0.05, 0.1) is 12.7 Å². The highest BCUT2D eigenvalue weighted by atomic mass is 16.4. The van der Waals surface area contributed by atoms with Crippen LogP contribution in [0.2, 0.25) is 0 Å². The van der Waals surface area contributed by atoms with E-state index in [4.69, 9.17) is 5.11 Å². The van der Waals surface area contributed by atoms with Gasteiger partial charge in [-0.1, -0.05) is 13.8 Å². The predicted octanol–water partition coefficient (Wildman–Crippen LogP) is 0.600. The summed E-state index contributed by atoms with van der Waals surface area (Å²) in [6.45, 7) is 6.35. The number of carbonyl (C=O) groups excluding carboxylic acids is 1. The van der Waals surface area contributed by atoms with Crippen LogP contribution in [0.25, 0.3) is 0 Å². The fourth-order valence-corrected chi connectivity index (χ4v) is 1.58. The van der Waals surface area contributed by atoms with Crippen molar-refractivity contribution in [3.63, 3.8) is 0 Å². The summed E-state index contributed by atoms with van der Waals surface area (Å²) in [6.07, 6.45) is 3.60. The minimum absolute atomic E-state index is 0.169. The molecule has 0 aromatic carbocycles. The van der Waals surface area contributed by atoms with Crippen LogP contribution in [0, 0.1) is 12.8 Å². The van der Waals surface area contributed by atoms with Gasteiger partial charge in [0.25, 0.3) is 0 Å². The lowest BCUT2D eigenvalue weighted by atomic mass is 10.1. The van der Waals surface area contributed by atoms with Crippen molar-refractivity contribution in [2.45, 2.75) is 33.4 Å². The Morgan fingerprint density at radius 1 is 1.47 bits per heavy atom. The third-order valence-electron chi connectivity index (χ3n) is 2.61. The average molecular weight is 268 g/mol. The number of urea groups is 1. The topological polar surface area (TPSA) is 96.3 Å². The van der Waals surface area contributed by atoms with E-state index in [9.17, 15) is 9.59 Å². The molecule has 3 N–H and O–H groups in total. The van der Waals surface area contributed by atoms with Gasteiger partial charge in [0.2, 0.25) is 0 Å². The van der Waals surface area contributed by atoms with Crippen molar-refractivity contribution in [1.82, 2.24) is 20.4 Å². The molecule has 19 heavy (non-hydrogen) atoms. The maximum absolute atomic E-state index is 11.5. The largest absolute Gasteiger partial charge is 0.480 e. The lowest BCUT2D eigenvalue weighted by Gasteiger charge is -2.18. The number of carboxylic acids is 1. The number of carbonyl (C=O) groups is 2. The average Bonchev–Trinajstić information content (AvgIpc) is 2.71. The van der Waals surface area contributed by atoms with Crippen molar-refractivity contribution in [1.29, 1.82) is 0 Å². The number of aryl methyl sites for hydroxylation is 1. The van der Waals surface area contributed by atoms with Crippen LogP contribution in [0.5, 0.6) is 0 Å². The Morgan fingerprint density at radius 3 is 2.63 bits per heavy atom. The van der Waals surface area contributed by atoms with E-state index in [1.165, 1.54) is 0 Å². The molecule has 2 amide bonds. The molecule has 0 fully saturated rings. The predicted molar refractivity (Wildman–Crippen MR) is 69.8 cm³/mol. The maximum Gasteiger partial charge on any atom is 0.326 e. The molecule has 1 heterocycles. The van der Waals surface area contributed by atoms with Gasteiger partial charge in [0.15, 0.2) is 0 Å². The standard InChI is InChI=1S/C12H20N4O3/c1-8(2)10(11(17)18)15-12(19)13-4-5-16-7-9(3)6-14-16/h6-8,10H,4-5H2,1-3H3,(H,17,18)(H2,13,15,19)/t10-/m0/s1. The Morgan fingerprint density at radius 2 is 2.16 bits per heavy atom. The highest BCUT2D eigenvalue weighted by Crippen LogP contribution is 2.01. The zero-order valence-corrected chi connectivity index (χ0v) is 11.4. The molecule has 0 radical (unpaired) electrons. The second-order valence-corrected chi connectivity index (χ2v) is 4.74. The maximum atomic E-state index is 11.5. The van der Waals surface area contributed by atoms with E-state index >= 15 is 0 Å². The number of hydrogen-bond donors (Lipinski definition) is 3. The van der Waals surface area contributed by atoms with E-state index in [0.717, 1.165) is 5.56 Å². The third kappa shape index (κ3) is 4.99. The summed E-state index contributed by atoms with van der Waals surface area (Å²) in [5, 5.41) is 18.1. The van der Waals surface area contributed by atoms with Gasteiger partial charge in [-0.25, -0.2) is 9.59 Å². The molecular formula is C12H20N4O3. The van der Waals surface area contributed by atoms with E-state index in [0.29, 0.717) is 13.1 Å². The number of nitrogens with one attached hydrogen (secondary N) is 2. The van der Waals surface area contributed by atoms with Crippen LogP contribution in [-0.2, 0) is 11.3 Å². The van der Waals surface area contributed by atoms with Gasteiger partial charge in [-0.05, 0) is 18.4 Å². The first kappa shape index (κ1) is 15.0. The number of nitrogens with zero attached hydrogens (tertiary/aromatic N) is 2.